The van der Waals surface area contributed by atoms with Crippen molar-refractivity contribution in [3.8, 4) is 56.7 Å². The number of imidazole rings is 6. The molecule has 9 aromatic heterocycles. The molecule has 0 saturated heterocycles. The van der Waals surface area contributed by atoms with Gasteiger partial charge in [-0.2, -0.15) is 0 Å². The van der Waals surface area contributed by atoms with Crippen LogP contribution in [0, 0.1) is 0 Å². The van der Waals surface area contributed by atoms with Crippen molar-refractivity contribution >= 4 is 163 Å². The van der Waals surface area contributed by atoms with Crippen LogP contribution in [0.2, 0.25) is 0 Å². The number of benzene rings is 16. The zero-order valence-corrected chi connectivity index (χ0v) is 68.4. The molecular weight excluding hydrogens is 1530 g/mol. The SMILES string of the molecule is c1ccc(-c2cc(-n3c4ccccc4c4ccccc43)nc(-n3c4ccccc4n4c5cc([Si](c6ccccc6)(c6ccccc6)c6cccc(-c7ccc(-c8cc(-n9c%10ccccc%10n%10c%11ccccc%11nc9%10)nc(-n9c%10ccccc%10n%10c%11cc([Si](c%12ccccc%12)(c%12ccccc%12)c%12ccccc%12)ccc%11nc9%10)c8)cc7)c6)ccc5nc34)c2)cc1. The van der Waals surface area contributed by atoms with Gasteiger partial charge in [0.25, 0.3) is 0 Å². The number of rotatable bonds is 15. The van der Waals surface area contributed by atoms with Crippen molar-refractivity contribution < 1.29 is 0 Å². The van der Waals surface area contributed by atoms with Gasteiger partial charge in [0.15, 0.2) is 16.1 Å². The van der Waals surface area contributed by atoms with Crippen molar-refractivity contribution in [3.05, 3.63) is 437 Å². The van der Waals surface area contributed by atoms with Gasteiger partial charge in [0.05, 0.1) is 77.2 Å². The van der Waals surface area contributed by atoms with Gasteiger partial charge in [-0.1, -0.05) is 328 Å². The first-order valence-corrected chi connectivity index (χ1v) is 45.8. The molecule has 0 aliphatic rings. The quantitative estimate of drug-likeness (QED) is 0.0752. The van der Waals surface area contributed by atoms with Crippen LogP contribution >= 0.6 is 0 Å². The molecule has 0 aliphatic carbocycles. The number of fused-ring (bicyclic) bond motifs is 18. The van der Waals surface area contributed by atoms with Crippen LogP contribution in [0.25, 0.3) is 162 Å². The van der Waals surface area contributed by atoms with Gasteiger partial charge in [-0.25, -0.2) is 24.9 Å². The molecule has 0 bridgehead atoms. The molecule has 12 nitrogen and oxygen atoms in total. The van der Waals surface area contributed by atoms with Gasteiger partial charge in [0.2, 0.25) is 17.3 Å². The third-order valence-corrected chi connectivity index (χ3v) is 35.0. The number of para-hydroxylation sites is 10. The second kappa shape index (κ2) is 27.7. The molecule has 25 rings (SSSR count). The van der Waals surface area contributed by atoms with Crippen LogP contribution in [0.4, 0.5) is 0 Å². The van der Waals surface area contributed by atoms with Crippen molar-refractivity contribution in [2.45, 2.75) is 0 Å². The summed E-state index contributed by atoms with van der Waals surface area (Å²) in [7, 11) is -6.22. The van der Waals surface area contributed by atoms with E-state index in [-0.39, 0.29) is 0 Å². The Hall–Kier alpha value is -16.1. The minimum absolute atomic E-state index is 0.717. The van der Waals surface area contributed by atoms with E-state index in [1.54, 1.807) is 0 Å². The third kappa shape index (κ3) is 10.6. The van der Waals surface area contributed by atoms with Crippen LogP contribution in [0.5, 0.6) is 0 Å². The summed E-state index contributed by atoms with van der Waals surface area (Å²) in [5.74, 6) is 5.34. The summed E-state index contributed by atoms with van der Waals surface area (Å²) in [6.07, 6.45) is 0. The van der Waals surface area contributed by atoms with Crippen LogP contribution < -0.4 is 41.5 Å². The Morgan fingerprint density at radius 3 is 0.837 bits per heavy atom. The predicted octanol–water partition coefficient (Wildman–Crippen LogP) is 19.6. The lowest BCUT2D eigenvalue weighted by molar-refractivity contribution is 0.983. The Kier molecular flexibility index (Phi) is 15.8. The fraction of sp³-hybridized carbons (Fsp3) is 0. The minimum atomic E-state index is -3.27. The zero-order valence-electron chi connectivity index (χ0n) is 66.4. The Balaban J connectivity index is 0.653. The average molecular weight is 1610 g/mol. The fourth-order valence-electron chi connectivity index (χ4n) is 20.1. The van der Waals surface area contributed by atoms with Gasteiger partial charge < -0.3 is 0 Å². The summed E-state index contributed by atoms with van der Waals surface area (Å²) in [6, 6.07) is 160. The highest BCUT2D eigenvalue weighted by atomic mass is 28.3. The summed E-state index contributed by atoms with van der Waals surface area (Å²) in [5, 5.41) is 12.6. The van der Waals surface area contributed by atoms with Crippen LogP contribution in [0.1, 0.15) is 0 Å². The summed E-state index contributed by atoms with van der Waals surface area (Å²) in [4.78, 5) is 28.3. The fourth-order valence-corrected chi connectivity index (χ4v) is 29.7. The van der Waals surface area contributed by atoms with Gasteiger partial charge in [-0.15, -0.1) is 0 Å². The standard InChI is InChI=1S/C109H72N12Si2/c1-7-32-73(33-8-1)77-67-103(115-92-49-22-19-46-87(92)88-47-20-23-50-93(88)115)113-104(68-77)120-99-56-29-26-53-96(99)118-102-72-86(63-65-91(102)112-108(118)120)123(82-41-15-5-16-42-82,83-43-17-6-18-44-83)84-45-31-34-76(66-84)74-58-60-75(61-59-74)78-69-105(119-98-55-28-25-52-95(98)116-94-51-24-21-48-89(94)110-107(116)119)114-106(70-78)121-100-57-30-27-54-97(100)117-101-71-85(62-64-90(101)111-109(117)121)122(79-35-9-2-10-36-79,80-37-11-3-12-38-80)81-39-13-4-14-40-81/h1-72H. The summed E-state index contributed by atoms with van der Waals surface area (Å²) in [6.45, 7) is 0. The Morgan fingerprint density at radius 2 is 0.431 bits per heavy atom. The molecule has 0 N–H and O–H groups in total. The number of aromatic nitrogens is 12. The van der Waals surface area contributed by atoms with Crippen LogP contribution in [-0.2, 0) is 0 Å². The lowest BCUT2D eigenvalue weighted by Gasteiger charge is -2.34. The first-order chi connectivity index (χ1) is 61.0. The van der Waals surface area contributed by atoms with Crippen LogP contribution in [0.15, 0.2) is 437 Å². The molecule has 123 heavy (non-hydrogen) atoms. The van der Waals surface area contributed by atoms with Gasteiger partial charge in [0.1, 0.15) is 23.3 Å². The first kappa shape index (κ1) is 69.9. The third-order valence-electron chi connectivity index (χ3n) is 25.5. The highest BCUT2D eigenvalue weighted by Gasteiger charge is 2.44. The van der Waals surface area contributed by atoms with Crippen molar-refractivity contribution in [2.24, 2.45) is 0 Å². The lowest BCUT2D eigenvalue weighted by atomic mass is 10.0. The maximum absolute atomic E-state index is 5.85. The van der Waals surface area contributed by atoms with E-state index in [9.17, 15) is 0 Å². The smallest absolute Gasteiger partial charge is 0.221 e. The van der Waals surface area contributed by atoms with E-state index in [1.807, 2.05) is 0 Å². The monoisotopic (exact) mass is 1600 g/mol. The molecule has 0 unspecified atom stereocenters. The molecule has 0 saturated carbocycles. The first-order valence-electron chi connectivity index (χ1n) is 41.8. The topological polar surface area (TPSA) is 97.4 Å². The largest absolute Gasteiger partial charge is 0.294 e. The average Bonchev–Trinajstić information content (AvgIpc) is 1.55. The van der Waals surface area contributed by atoms with E-state index in [0.717, 1.165) is 145 Å². The maximum Gasteiger partial charge on any atom is 0.221 e. The van der Waals surface area contributed by atoms with E-state index < -0.39 is 16.1 Å². The van der Waals surface area contributed by atoms with Crippen molar-refractivity contribution in [1.82, 2.24) is 56.4 Å². The molecule has 0 radical (unpaired) electrons. The highest BCUT2D eigenvalue weighted by molar-refractivity contribution is 7.20. The number of hydrogen-bond donors (Lipinski definition) is 0. The van der Waals surface area contributed by atoms with E-state index in [2.05, 4.69) is 468 Å². The number of hydrogen-bond acceptors (Lipinski definition) is 5. The van der Waals surface area contributed by atoms with Gasteiger partial charge in [-0.3, -0.25) is 31.5 Å². The number of nitrogens with zero attached hydrogens (tertiary/aromatic N) is 12. The van der Waals surface area contributed by atoms with Gasteiger partial charge >= 0.3 is 0 Å². The predicted molar refractivity (Wildman–Crippen MR) is 509 cm³/mol. The zero-order chi connectivity index (χ0) is 80.9. The Bertz CT molecular complexity index is 8310. The van der Waals surface area contributed by atoms with E-state index >= 15 is 0 Å². The van der Waals surface area contributed by atoms with E-state index in [1.165, 1.54) is 52.3 Å². The summed E-state index contributed by atoms with van der Waals surface area (Å²) >= 11 is 0. The summed E-state index contributed by atoms with van der Waals surface area (Å²) in [5.41, 5.74) is 20.3. The van der Waals surface area contributed by atoms with E-state index in [4.69, 9.17) is 24.9 Å². The molecule has 0 aliphatic heterocycles. The molecule has 16 aromatic carbocycles. The summed E-state index contributed by atoms with van der Waals surface area (Å²) < 4.78 is 16.0. The van der Waals surface area contributed by atoms with Crippen molar-refractivity contribution in [1.29, 1.82) is 0 Å². The van der Waals surface area contributed by atoms with Crippen molar-refractivity contribution in [3.63, 3.8) is 0 Å². The number of pyridine rings is 2. The molecule has 0 atom stereocenters. The second-order valence-corrected chi connectivity index (χ2v) is 39.6. The Labute approximate surface area is 708 Å². The molecule has 9 heterocycles. The Morgan fingerprint density at radius 1 is 0.154 bits per heavy atom. The molecule has 0 spiro atoms. The van der Waals surface area contributed by atoms with E-state index in [0.29, 0.717) is 5.82 Å². The molecule has 14 heteroatoms. The van der Waals surface area contributed by atoms with Crippen LogP contribution in [-0.4, -0.2) is 72.5 Å². The second-order valence-electron chi connectivity index (χ2n) is 32.0. The van der Waals surface area contributed by atoms with Crippen LogP contribution in [0.3, 0.4) is 0 Å². The maximum atomic E-state index is 5.85. The lowest BCUT2D eigenvalue weighted by Crippen LogP contribution is -2.74. The van der Waals surface area contributed by atoms with Crippen molar-refractivity contribution in [2.75, 3.05) is 0 Å². The molecule has 0 amide bonds. The van der Waals surface area contributed by atoms with Gasteiger partial charge in [0, 0.05) is 10.8 Å². The minimum Gasteiger partial charge on any atom is -0.294 e. The molecule has 576 valence electrons. The molecular formula is C109H72N12Si2. The molecule has 0 fully saturated rings. The highest BCUT2D eigenvalue weighted by Crippen LogP contribution is 2.40. The normalized spacial score (nSPS) is 12.2. The molecule has 25 aromatic rings. The van der Waals surface area contributed by atoms with Gasteiger partial charge in [-0.05, 0) is 184 Å².